The highest BCUT2D eigenvalue weighted by atomic mass is 16.2. The Morgan fingerprint density at radius 3 is 2.28 bits per heavy atom. The molecular formula is C23H30N4O2. The van der Waals surface area contributed by atoms with Gasteiger partial charge in [-0.05, 0) is 49.1 Å². The van der Waals surface area contributed by atoms with Gasteiger partial charge in [-0.3, -0.25) is 4.79 Å². The van der Waals surface area contributed by atoms with E-state index >= 15 is 0 Å². The summed E-state index contributed by atoms with van der Waals surface area (Å²) in [6.45, 7) is 9.17. The molecule has 1 aliphatic rings. The van der Waals surface area contributed by atoms with Crippen LogP contribution in [-0.4, -0.2) is 43.0 Å². The third kappa shape index (κ3) is 4.88. The molecule has 154 valence electrons. The average molecular weight is 395 g/mol. The molecule has 6 nitrogen and oxygen atoms in total. The molecule has 29 heavy (non-hydrogen) atoms. The van der Waals surface area contributed by atoms with Crippen molar-refractivity contribution in [2.75, 3.05) is 31.1 Å². The van der Waals surface area contributed by atoms with E-state index in [0.717, 1.165) is 24.2 Å². The Kier molecular flexibility index (Phi) is 6.42. The lowest BCUT2D eigenvalue weighted by molar-refractivity contribution is -0.132. The molecule has 0 saturated carbocycles. The quantitative estimate of drug-likeness (QED) is 0.818. The monoisotopic (exact) mass is 394 g/mol. The van der Waals surface area contributed by atoms with E-state index in [-0.39, 0.29) is 12.3 Å². The third-order valence-electron chi connectivity index (χ3n) is 5.81. The van der Waals surface area contributed by atoms with Crippen LogP contribution in [0.5, 0.6) is 0 Å². The van der Waals surface area contributed by atoms with Gasteiger partial charge in [-0.15, -0.1) is 0 Å². The molecule has 0 aromatic heterocycles. The van der Waals surface area contributed by atoms with E-state index in [0.29, 0.717) is 13.1 Å². The number of benzene rings is 2. The fourth-order valence-electron chi connectivity index (χ4n) is 3.97. The van der Waals surface area contributed by atoms with Gasteiger partial charge in [-0.25, -0.2) is 4.79 Å². The molecule has 1 unspecified atom stereocenters. The lowest BCUT2D eigenvalue weighted by Gasteiger charge is -2.37. The second kappa shape index (κ2) is 8.99. The largest absolute Gasteiger partial charge is 0.368 e. The summed E-state index contributed by atoms with van der Waals surface area (Å²) in [6, 6.07) is 13.1. The SMILES string of the molecule is Cc1ccccc1C(CC(=O)N1CCN(c2cccc(C)c2C)CC1)NC(N)=O. The lowest BCUT2D eigenvalue weighted by Crippen LogP contribution is -2.49. The van der Waals surface area contributed by atoms with Gasteiger partial charge in [0, 0.05) is 31.9 Å². The van der Waals surface area contributed by atoms with Gasteiger partial charge in [0.25, 0.3) is 0 Å². The highest BCUT2D eigenvalue weighted by molar-refractivity contribution is 5.79. The zero-order valence-electron chi connectivity index (χ0n) is 17.4. The summed E-state index contributed by atoms with van der Waals surface area (Å²) in [5, 5.41) is 2.74. The topological polar surface area (TPSA) is 78.7 Å². The molecule has 1 heterocycles. The highest BCUT2D eigenvalue weighted by Crippen LogP contribution is 2.25. The maximum atomic E-state index is 13.0. The first-order valence-corrected chi connectivity index (χ1v) is 10.1. The predicted octanol–water partition coefficient (Wildman–Crippen LogP) is 3.06. The molecule has 3 N–H and O–H groups in total. The molecule has 1 saturated heterocycles. The molecular weight excluding hydrogens is 364 g/mol. The van der Waals surface area contributed by atoms with Crippen LogP contribution >= 0.6 is 0 Å². The van der Waals surface area contributed by atoms with Gasteiger partial charge in [0.15, 0.2) is 0 Å². The molecule has 3 amide bonds. The summed E-state index contributed by atoms with van der Waals surface area (Å²) in [7, 11) is 0. The number of hydrogen-bond donors (Lipinski definition) is 2. The van der Waals surface area contributed by atoms with Gasteiger partial charge in [0.1, 0.15) is 0 Å². The molecule has 1 aliphatic heterocycles. The number of anilines is 1. The van der Waals surface area contributed by atoms with E-state index in [1.165, 1.54) is 16.8 Å². The summed E-state index contributed by atoms with van der Waals surface area (Å²) >= 11 is 0. The van der Waals surface area contributed by atoms with Crippen LogP contribution < -0.4 is 16.0 Å². The molecule has 1 atom stereocenters. The number of piperazine rings is 1. The van der Waals surface area contributed by atoms with Crippen molar-refractivity contribution >= 4 is 17.6 Å². The molecule has 2 aromatic rings. The normalized spacial score (nSPS) is 15.1. The van der Waals surface area contributed by atoms with Gasteiger partial charge in [-0.2, -0.15) is 0 Å². The minimum absolute atomic E-state index is 0.0348. The van der Waals surface area contributed by atoms with Crippen LogP contribution in [0.25, 0.3) is 0 Å². The van der Waals surface area contributed by atoms with Gasteiger partial charge >= 0.3 is 6.03 Å². The minimum Gasteiger partial charge on any atom is -0.368 e. The van der Waals surface area contributed by atoms with Crippen molar-refractivity contribution in [2.45, 2.75) is 33.2 Å². The van der Waals surface area contributed by atoms with Crippen LogP contribution in [0.1, 0.15) is 34.7 Å². The number of hydrogen-bond acceptors (Lipinski definition) is 3. The number of nitrogens with zero attached hydrogens (tertiary/aromatic N) is 2. The van der Waals surface area contributed by atoms with E-state index in [2.05, 4.69) is 42.3 Å². The van der Waals surface area contributed by atoms with E-state index in [9.17, 15) is 9.59 Å². The zero-order chi connectivity index (χ0) is 21.0. The maximum absolute atomic E-state index is 13.0. The summed E-state index contributed by atoms with van der Waals surface area (Å²) < 4.78 is 0. The van der Waals surface area contributed by atoms with Crippen molar-refractivity contribution in [3.63, 3.8) is 0 Å². The van der Waals surface area contributed by atoms with Crippen LogP contribution in [0, 0.1) is 20.8 Å². The van der Waals surface area contributed by atoms with Crippen LogP contribution in [-0.2, 0) is 4.79 Å². The van der Waals surface area contributed by atoms with Gasteiger partial charge in [0.05, 0.1) is 12.5 Å². The number of carbonyl (C=O) groups is 2. The average Bonchev–Trinajstić information content (AvgIpc) is 2.70. The molecule has 3 rings (SSSR count). The van der Waals surface area contributed by atoms with E-state index in [1.807, 2.05) is 36.1 Å². The highest BCUT2D eigenvalue weighted by Gasteiger charge is 2.26. The fourth-order valence-corrected chi connectivity index (χ4v) is 3.97. The Morgan fingerprint density at radius 1 is 0.966 bits per heavy atom. The minimum atomic E-state index is -0.620. The van der Waals surface area contributed by atoms with Crippen molar-refractivity contribution in [2.24, 2.45) is 5.73 Å². The number of nitrogens with one attached hydrogen (secondary N) is 1. The Balaban J connectivity index is 1.65. The van der Waals surface area contributed by atoms with E-state index in [1.54, 1.807) is 0 Å². The number of amides is 3. The maximum Gasteiger partial charge on any atom is 0.312 e. The van der Waals surface area contributed by atoms with Crippen molar-refractivity contribution < 1.29 is 9.59 Å². The standard InChI is InChI=1S/C23H30N4O2/c1-16-8-6-10-21(18(16)3)26-11-13-27(14-12-26)22(28)15-20(25-23(24)29)19-9-5-4-7-17(19)2/h4-10,20H,11-15H2,1-3H3,(H3,24,25,29). The van der Waals surface area contributed by atoms with Crippen molar-refractivity contribution in [1.29, 1.82) is 0 Å². The first-order chi connectivity index (χ1) is 13.9. The Hall–Kier alpha value is -3.02. The molecule has 0 aliphatic carbocycles. The predicted molar refractivity (Wildman–Crippen MR) is 116 cm³/mol. The summed E-state index contributed by atoms with van der Waals surface area (Å²) in [6.07, 6.45) is 0.206. The molecule has 6 heteroatoms. The Labute approximate surface area is 172 Å². The number of nitrogens with two attached hydrogens (primary N) is 1. The smallest absolute Gasteiger partial charge is 0.312 e. The van der Waals surface area contributed by atoms with E-state index in [4.69, 9.17) is 5.73 Å². The Bertz CT molecular complexity index is 888. The third-order valence-corrected chi connectivity index (χ3v) is 5.81. The van der Waals surface area contributed by atoms with E-state index < -0.39 is 12.1 Å². The number of rotatable bonds is 5. The summed E-state index contributed by atoms with van der Waals surface area (Å²) in [4.78, 5) is 28.7. The van der Waals surface area contributed by atoms with Gasteiger partial charge in [-0.1, -0.05) is 36.4 Å². The molecule has 0 spiro atoms. The second-order valence-corrected chi connectivity index (χ2v) is 7.71. The molecule has 2 aromatic carbocycles. The molecule has 1 fully saturated rings. The van der Waals surface area contributed by atoms with Crippen molar-refractivity contribution in [1.82, 2.24) is 10.2 Å². The Morgan fingerprint density at radius 2 is 1.62 bits per heavy atom. The van der Waals surface area contributed by atoms with Gasteiger partial charge in [0.2, 0.25) is 5.91 Å². The van der Waals surface area contributed by atoms with Crippen molar-refractivity contribution in [3.8, 4) is 0 Å². The zero-order valence-corrected chi connectivity index (χ0v) is 17.4. The van der Waals surface area contributed by atoms with Crippen LogP contribution in [0.4, 0.5) is 10.5 Å². The second-order valence-electron chi connectivity index (χ2n) is 7.71. The lowest BCUT2D eigenvalue weighted by atomic mass is 9.98. The fraction of sp³-hybridized carbons (Fsp3) is 0.391. The number of aryl methyl sites for hydroxylation is 2. The van der Waals surface area contributed by atoms with Crippen molar-refractivity contribution in [3.05, 3.63) is 64.7 Å². The van der Waals surface area contributed by atoms with Gasteiger partial charge < -0.3 is 20.9 Å². The van der Waals surface area contributed by atoms with Crippen LogP contribution in [0.15, 0.2) is 42.5 Å². The summed E-state index contributed by atoms with van der Waals surface area (Å²) in [5.41, 5.74) is 11.1. The molecule has 0 radical (unpaired) electrons. The number of carbonyl (C=O) groups excluding carboxylic acids is 2. The first kappa shape index (κ1) is 20.7. The van der Waals surface area contributed by atoms with Crippen LogP contribution in [0.3, 0.4) is 0 Å². The number of primary amides is 1. The number of urea groups is 1. The summed E-state index contributed by atoms with van der Waals surface area (Å²) in [5.74, 6) is 0.0348. The van der Waals surface area contributed by atoms with Crippen LogP contribution in [0.2, 0.25) is 0 Å². The first-order valence-electron chi connectivity index (χ1n) is 10.1. The molecule has 0 bridgehead atoms.